The predicted octanol–water partition coefficient (Wildman–Crippen LogP) is 2.83. The fourth-order valence-corrected chi connectivity index (χ4v) is 3.30. The molecule has 1 aromatic heterocycles. The van der Waals surface area contributed by atoms with Crippen molar-refractivity contribution in [3.63, 3.8) is 0 Å². The molecule has 0 fully saturated rings. The number of ether oxygens (including phenoxy) is 4. The first-order valence-electron chi connectivity index (χ1n) is 9.34. The molecule has 1 amide bonds. The van der Waals surface area contributed by atoms with Gasteiger partial charge in [0.2, 0.25) is 0 Å². The zero-order valence-electron chi connectivity index (χ0n) is 16.9. The van der Waals surface area contributed by atoms with Crippen LogP contribution in [-0.2, 0) is 17.9 Å². The van der Waals surface area contributed by atoms with E-state index < -0.39 is 5.91 Å². The second-order valence-corrected chi connectivity index (χ2v) is 6.66. The number of fused-ring (bicyclic) bond motifs is 1. The Balaban J connectivity index is 1.52. The van der Waals surface area contributed by atoms with Gasteiger partial charge in [-0.25, -0.2) is 4.68 Å². The van der Waals surface area contributed by atoms with Crippen LogP contribution in [0.1, 0.15) is 27.8 Å². The molecule has 9 heteroatoms. The summed E-state index contributed by atoms with van der Waals surface area (Å²) in [6, 6.07) is 12.8. The van der Waals surface area contributed by atoms with Gasteiger partial charge in [-0.05, 0) is 29.8 Å². The van der Waals surface area contributed by atoms with Gasteiger partial charge in [-0.3, -0.25) is 4.79 Å². The molecule has 0 radical (unpaired) electrons. The van der Waals surface area contributed by atoms with E-state index in [0.717, 1.165) is 11.3 Å². The second-order valence-electron chi connectivity index (χ2n) is 6.66. The van der Waals surface area contributed by atoms with E-state index in [2.05, 4.69) is 15.6 Å². The standard InChI is InChI=1S/C21H22N4O5/c1-27-14-6-4-13(5-7-14)19-11-25-17(12-30-19)20(23-24-25)21(26)22-16-10-15(28-2)8-9-18(16)29-3/h4-10,19H,11-12H2,1-3H3,(H,22,26)/t19-/m0/s1. The summed E-state index contributed by atoms with van der Waals surface area (Å²) in [6.07, 6.45) is -0.181. The van der Waals surface area contributed by atoms with E-state index in [1.54, 1.807) is 37.1 Å². The van der Waals surface area contributed by atoms with Crippen LogP contribution in [0.15, 0.2) is 42.5 Å². The molecule has 1 atom stereocenters. The maximum Gasteiger partial charge on any atom is 0.278 e. The lowest BCUT2D eigenvalue weighted by molar-refractivity contribution is -0.00173. The lowest BCUT2D eigenvalue weighted by Crippen LogP contribution is -2.24. The molecule has 0 aliphatic carbocycles. The van der Waals surface area contributed by atoms with Gasteiger partial charge in [0.15, 0.2) is 5.69 Å². The van der Waals surface area contributed by atoms with E-state index in [0.29, 0.717) is 29.4 Å². The number of amides is 1. The fourth-order valence-electron chi connectivity index (χ4n) is 3.30. The molecule has 0 saturated heterocycles. The number of carbonyl (C=O) groups excluding carboxylic acids is 1. The average molecular weight is 410 g/mol. The van der Waals surface area contributed by atoms with Gasteiger partial charge in [0, 0.05) is 6.07 Å². The number of anilines is 1. The van der Waals surface area contributed by atoms with Crippen LogP contribution in [0.2, 0.25) is 0 Å². The van der Waals surface area contributed by atoms with E-state index in [-0.39, 0.29) is 18.4 Å². The van der Waals surface area contributed by atoms with Gasteiger partial charge in [-0.2, -0.15) is 0 Å². The number of hydrogen-bond acceptors (Lipinski definition) is 7. The summed E-state index contributed by atoms with van der Waals surface area (Å²) >= 11 is 0. The molecule has 30 heavy (non-hydrogen) atoms. The Morgan fingerprint density at radius 1 is 1.07 bits per heavy atom. The van der Waals surface area contributed by atoms with E-state index in [1.807, 2.05) is 24.3 Å². The summed E-state index contributed by atoms with van der Waals surface area (Å²) in [7, 11) is 4.71. The van der Waals surface area contributed by atoms with Crippen molar-refractivity contribution in [1.82, 2.24) is 15.0 Å². The minimum absolute atomic E-state index is 0.181. The average Bonchev–Trinajstić information content (AvgIpc) is 3.22. The largest absolute Gasteiger partial charge is 0.497 e. The maximum absolute atomic E-state index is 12.8. The molecule has 1 aliphatic rings. The lowest BCUT2D eigenvalue weighted by atomic mass is 10.1. The Kier molecular flexibility index (Phi) is 5.53. The smallest absolute Gasteiger partial charge is 0.278 e. The predicted molar refractivity (Wildman–Crippen MR) is 108 cm³/mol. The third kappa shape index (κ3) is 3.79. The highest BCUT2D eigenvalue weighted by atomic mass is 16.5. The van der Waals surface area contributed by atoms with Crippen molar-refractivity contribution in [2.24, 2.45) is 0 Å². The van der Waals surface area contributed by atoms with Gasteiger partial charge in [0.1, 0.15) is 23.4 Å². The molecule has 0 spiro atoms. The number of hydrogen-bond donors (Lipinski definition) is 1. The SMILES string of the molecule is COc1ccc([C@@H]2Cn3nnc(C(=O)Nc4cc(OC)ccc4OC)c3CO2)cc1. The number of nitrogens with zero attached hydrogens (tertiary/aromatic N) is 3. The van der Waals surface area contributed by atoms with Crippen LogP contribution in [0.3, 0.4) is 0 Å². The van der Waals surface area contributed by atoms with Gasteiger partial charge >= 0.3 is 0 Å². The molecular weight excluding hydrogens is 388 g/mol. The third-order valence-corrected chi connectivity index (χ3v) is 4.96. The minimum Gasteiger partial charge on any atom is -0.497 e. The Morgan fingerprint density at radius 2 is 1.80 bits per heavy atom. The first kappa shape index (κ1) is 19.7. The molecule has 0 saturated carbocycles. The van der Waals surface area contributed by atoms with Gasteiger partial charge < -0.3 is 24.3 Å². The van der Waals surface area contributed by atoms with Crippen LogP contribution in [0.4, 0.5) is 5.69 Å². The molecule has 0 bridgehead atoms. The van der Waals surface area contributed by atoms with Crippen molar-refractivity contribution < 1.29 is 23.7 Å². The highest BCUT2D eigenvalue weighted by molar-refractivity contribution is 6.04. The normalized spacial score (nSPS) is 15.2. The first-order valence-corrected chi connectivity index (χ1v) is 9.34. The summed E-state index contributed by atoms with van der Waals surface area (Å²) in [5, 5.41) is 11.0. The molecule has 9 nitrogen and oxygen atoms in total. The minimum atomic E-state index is -0.394. The number of benzene rings is 2. The highest BCUT2D eigenvalue weighted by Crippen LogP contribution is 2.31. The van der Waals surface area contributed by atoms with E-state index in [9.17, 15) is 4.79 Å². The van der Waals surface area contributed by atoms with Crippen molar-refractivity contribution in [3.05, 3.63) is 59.4 Å². The van der Waals surface area contributed by atoms with Gasteiger partial charge in [-0.15, -0.1) is 5.10 Å². The number of carbonyl (C=O) groups is 1. The fraction of sp³-hybridized carbons (Fsp3) is 0.286. The summed E-state index contributed by atoms with van der Waals surface area (Å²) in [4.78, 5) is 12.8. The highest BCUT2D eigenvalue weighted by Gasteiger charge is 2.28. The van der Waals surface area contributed by atoms with Crippen LogP contribution < -0.4 is 19.5 Å². The monoisotopic (exact) mass is 410 g/mol. The summed E-state index contributed by atoms with van der Waals surface area (Å²) in [5.41, 5.74) is 2.33. The second kappa shape index (κ2) is 8.42. The molecule has 2 aromatic carbocycles. The third-order valence-electron chi connectivity index (χ3n) is 4.96. The molecular formula is C21H22N4O5. The molecule has 156 valence electrons. The van der Waals surface area contributed by atoms with Crippen LogP contribution in [0.25, 0.3) is 0 Å². The van der Waals surface area contributed by atoms with Crippen molar-refractivity contribution in [2.45, 2.75) is 19.3 Å². The Hall–Kier alpha value is -3.59. The van der Waals surface area contributed by atoms with Crippen LogP contribution >= 0.6 is 0 Å². The molecule has 0 unspecified atom stereocenters. The molecule has 2 heterocycles. The molecule has 3 aromatic rings. The number of rotatable bonds is 6. The van der Waals surface area contributed by atoms with Crippen LogP contribution in [-0.4, -0.2) is 42.2 Å². The molecule has 4 rings (SSSR count). The molecule has 1 aliphatic heterocycles. The van der Waals surface area contributed by atoms with Gasteiger partial charge in [0.25, 0.3) is 5.91 Å². The first-order chi connectivity index (χ1) is 14.6. The Bertz CT molecular complexity index is 1050. The summed E-state index contributed by atoms with van der Waals surface area (Å²) in [6.45, 7) is 0.687. The van der Waals surface area contributed by atoms with Crippen molar-refractivity contribution in [1.29, 1.82) is 0 Å². The zero-order chi connectivity index (χ0) is 21.1. The Morgan fingerprint density at radius 3 is 2.50 bits per heavy atom. The van der Waals surface area contributed by atoms with Gasteiger partial charge in [-0.1, -0.05) is 17.3 Å². The number of methoxy groups -OCH3 is 3. The van der Waals surface area contributed by atoms with Gasteiger partial charge in [0.05, 0.1) is 45.9 Å². The molecule has 1 N–H and O–H groups in total. The van der Waals surface area contributed by atoms with Crippen molar-refractivity contribution >= 4 is 11.6 Å². The van der Waals surface area contributed by atoms with E-state index in [4.69, 9.17) is 18.9 Å². The zero-order valence-corrected chi connectivity index (χ0v) is 16.9. The summed E-state index contributed by atoms with van der Waals surface area (Å²) in [5.74, 6) is 1.50. The quantitative estimate of drug-likeness (QED) is 0.667. The van der Waals surface area contributed by atoms with Crippen molar-refractivity contribution in [2.75, 3.05) is 26.6 Å². The summed E-state index contributed by atoms with van der Waals surface area (Å²) < 4.78 is 23.4. The maximum atomic E-state index is 12.8. The van der Waals surface area contributed by atoms with Crippen LogP contribution in [0, 0.1) is 0 Å². The number of nitrogens with one attached hydrogen (secondary N) is 1. The Labute approximate surface area is 173 Å². The topological polar surface area (TPSA) is 96.7 Å². The number of aromatic nitrogens is 3. The lowest BCUT2D eigenvalue weighted by Gasteiger charge is -2.24. The van der Waals surface area contributed by atoms with E-state index in [1.165, 1.54) is 7.11 Å². The van der Waals surface area contributed by atoms with E-state index >= 15 is 0 Å². The van der Waals surface area contributed by atoms with Crippen molar-refractivity contribution in [3.8, 4) is 17.2 Å². The van der Waals surface area contributed by atoms with Crippen LogP contribution in [0.5, 0.6) is 17.2 Å².